The van der Waals surface area contributed by atoms with E-state index in [9.17, 15) is 10.1 Å². The van der Waals surface area contributed by atoms with Gasteiger partial charge in [0, 0.05) is 25.2 Å². The molecule has 0 bridgehead atoms. The molecular weight excluding hydrogens is 220 g/mol. The summed E-state index contributed by atoms with van der Waals surface area (Å²) in [4.78, 5) is 9.96. The average Bonchev–Trinajstić information content (AvgIpc) is 2.12. The van der Waals surface area contributed by atoms with Crippen molar-refractivity contribution in [3.8, 4) is 5.75 Å². The second-order valence-corrected chi connectivity index (χ2v) is 3.68. The van der Waals surface area contributed by atoms with Crippen LogP contribution >= 0.6 is 11.6 Å². The number of halogens is 1. The first-order valence-corrected chi connectivity index (χ1v) is 4.86. The lowest BCUT2D eigenvalue weighted by Crippen LogP contribution is -2.50. The van der Waals surface area contributed by atoms with E-state index in [0.29, 0.717) is 5.75 Å². The van der Waals surface area contributed by atoms with Gasteiger partial charge in [-0.25, -0.2) is 0 Å². The molecule has 0 spiro atoms. The Labute approximate surface area is 91.1 Å². The van der Waals surface area contributed by atoms with E-state index >= 15 is 0 Å². The molecule has 6 heteroatoms. The van der Waals surface area contributed by atoms with Gasteiger partial charge in [-0.05, 0) is 6.07 Å². The van der Waals surface area contributed by atoms with Crippen LogP contribution < -0.4 is 10.1 Å². The second kappa shape index (κ2) is 4.04. The van der Waals surface area contributed by atoms with Gasteiger partial charge in [-0.1, -0.05) is 11.6 Å². The normalized spacial score (nSPS) is 15.8. The molecule has 0 aliphatic carbocycles. The van der Waals surface area contributed by atoms with Crippen molar-refractivity contribution in [1.29, 1.82) is 0 Å². The van der Waals surface area contributed by atoms with Crippen LogP contribution in [0, 0.1) is 10.1 Å². The Balaban J connectivity index is 2.14. The summed E-state index contributed by atoms with van der Waals surface area (Å²) in [6.45, 7) is 1.57. The molecule has 1 aromatic rings. The lowest BCUT2D eigenvalue weighted by molar-refractivity contribution is -0.384. The average molecular weight is 229 g/mol. The van der Waals surface area contributed by atoms with Gasteiger partial charge in [-0.3, -0.25) is 10.1 Å². The first-order valence-electron chi connectivity index (χ1n) is 4.48. The quantitative estimate of drug-likeness (QED) is 0.631. The van der Waals surface area contributed by atoms with Gasteiger partial charge in [-0.2, -0.15) is 0 Å². The second-order valence-electron chi connectivity index (χ2n) is 3.27. The molecule has 1 fully saturated rings. The van der Waals surface area contributed by atoms with Crippen LogP contribution in [0.3, 0.4) is 0 Å². The predicted molar refractivity (Wildman–Crippen MR) is 55.4 cm³/mol. The van der Waals surface area contributed by atoms with E-state index in [-0.39, 0.29) is 16.8 Å². The standard InChI is InChI=1S/C9H9ClN2O3/c10-8-3-6(12(13)14)1-2-9(8)15-7-4-11-5-7/h1-3,7,11H,4-5H2. The van der Waals surface area contributed by atoms with Gasteiger partial charge >= 0.3 is 0 Å². The summed E-state index contributed by atoms with van der Waals surface area (Å²) >= 11 is 5.85. The number of rotatable bonds is 3. The minimum atomic E-state index is -0.486. The van der Waals surface area contributed by atoms with Crippen molar-refractivity contribution in [2.75, 3.05) is 13.1 Å². The number of hydrogen-bond acceptors (Lipinski definition) is 4. The molecule has 15 heavy (non-hydrogen) atoms. The molecule has 1 saturated heterocycles. The summed E-state index contributed by atoms with van der Waals surface area (Å²) < 4.78 is 5.50. The molecule has 5 nitrogen and oxygen atoms in total. The van der Waals surface area contributed by atoms with E-state index in [1.807, 2.05) is 0 Å². The van der Waals surface area contributed by atoms with Gasteiger partial charge in [0.2, 0.25) is 0 Å². The first-order chi connectivity index (χ1) is 7.16. The third-order valence-corrected chi connectivity index (χ3v) is 2.46. The van der Waals surface area contributed by atoms with E-state index in [0.717, 1.165) is 13.1 Å². The molecule has 0 atom stereocenters. The third-order valence-electron chi connectivity index (χ3n) is 2.16. The van der Waals surface area contributed by atoms with Crippen LogP contribution in [-0.4, -0.2) is 24.1 Å². The maximum Gasteiger partial charge on any atom is 0.271 e. The highest BCUT2D eigenvalue weighted by Gasteiger charge is 2.20. The zero-order chi connectivity index (χ0) is 10.8. The predicted octanol–water partition coefficient (Wildman–Crippen LogP) is 1.60. The Morgan fingerprint density at radius 2 is 2.27 bits per heavy atom. The molecule has 0 saturated carbocycles. The molecule has 0 radical (unpaired) electrons. The van der Waals surface area contributed by atoms with Crippen LogP contribution in [0.15, 0.2) is 18.2 Å². The number of nitro benzene ring substituents is 1. The molecule has 1 N–H and O–H groups in total. The molecule has 1 aliphatic heterocycles. The number of hydrogen-bond donors (Lipinski definition) is 1. The fraction of sp³-hybridized carbons (Fsp3) is 0.333. The zero-order valence-electron chi connectivity index (χ0n) is 7.77. The SMILES string of the molecule is O=[N+]([O-])c1ccc(OC2CNC2)c(Cl)c1. The van der Waals surface area contributed by atoms with Gasteiger partial charge in [-0.15, -0.1) is 0 Å². The Morgan fingerprint density at radius 1 is 1.53 bits per heavy atom. The number of nitro groups is 1. The number of non-ortho nitro benzene ring substituents is 1. The molecule has 0 aromatic heterocycles. The Kier molecular flexibility index (Phi) is 2.75. The largest absolute Gasteiger partial charge is 0.486 e. The summed E-state index contributed by atoms with van der Waals surface area (Å²) in [6.07, 6.45) is 0.115. The number of ether oxygens (including phenoxy) is 1. The van der Waals surface area contributed by atoms with Crippen molar-refractivity contribution in [2.24, 2.45) is 0 Å². The molecule has 0 amide bonds. The van der Waals surface area contributed by atoms with Crippen LogP contribution in [0.4, 0.5) is 5.69 Å². The minimum Gasteiger partial charge on any atom is -0.486 e. The highest BCUT2D eigenvalue weighted by molar-refractivity contribution is 6.32. The van der Waals surface area contributed by atoms with Crippen molar-refractivity contribution in [3.05, 3.63) is 33.3 Å². The maximum absolute atomic E-state index is 10.5. The summed E-state index contributed by atoms with van der Waals surface area (Å²) in [5.74, 6) is 0.494. The van der Waals surface area contributed by atoms with Crippen molar-refractivity contribution < 1.29 is 9.66 Å². The number of nitrogens with zero attached hydrogens (tertiary/aromatic N) is 1. The van der Waals surface area contributed by atoms with Crippen LogP contribution in [0.2, 0.25) is 5.02 Å². The van der Waals surface area contributed by atoms with Gasteiger partial charge < -0.3 is 10.1 Å². The Bertz CT molecular complexity index is 393. The van der Waals surface area contributed by atoms with Crippen LogP contribution in [0.25, 0.3) is 0 Å². The first kappa shape index (κ1) is 10.2. The maximum atomic E-state index is 10.5. The summed E-state index contributed by atoms with van der Waals surface area (Å²) in [7, 11) is 0. The molecular formula is C9H9ClN2O3. The van der Waals surface area contributed by atoms with Crippen molar-refractivity contribution >= 4 is 17.3 Å². The van der Waals surface area contributed by atoms with Crippen LogP contribution in [-0.2, 0) is 0 Å². The summed E-state index contributed by atoms with van der Waals surface area (Å²) in [5.41, 5.74) is -0.0286. The lowest BCUT2D eigenvalue weighted by Gasteiger charge is -2.28. The van der Waals surface area contributed by atoms with Crippen LogP contribution in [0.1, 0.15) is 0 Å². The van der Waals surface area contributed by atoms with Gasteiger partial charge in [0.05, 0.1) is 9.95 Å². The van der Waals surface area contributed by atoms with Gasteiger partial charge in [0.1, 0.15) is 11.9 Å². The monoisotopic (exact) mass is 228 g/mol. The third kappa shape index (κ3) is 2.19. The molecule has 2 rings (SSSR count). The fourth-order valence-corrected chi connectivity index (χ4v) is 1.44. The minimum absolute atomic E-state index is 0.0286. The number of benzene rings is 1. The van der Waals surface area contributed by atoms with E-state index in [2.05, 4.69) is 5.32 Å². The van der Waals surface area contributed by atoms with Gasteiger partial charge in [0.15, 0.2) is 0 Å². The van der Waals surface area contributed by atoms with Crippen LogP contribution in [0.5, 0.6) is 5.75 Å². The van der Waals surface area contributed by atoms with Gasteiger partial charge in [0.25, 0.3) is 5.69 Å². The summed E-state index contributed by atoms with van der Waals surface area (Å²) in [6, 6.07) is 4.20. The highest BCUT2D eigenvalue weighted by atomic mass is 35.5. The Morgan fingerprint density at radius 3 is 2.73 bits per heavy atom. The fourth-order valence-electron chi connectivity index (χ4n) is 1.22. The zero-order valence-corrected chi connectivity index (χ0v) is 8.53. The highest BCUT2D eigenvalue weighted by Crippen LogP contribution is 2.29. The van der Waals surface area contributed by atoms with E-state index < -0.39 is 4.92 Å². The van der Waals surface area contributed by atoms with E-state index in [4.69, 9.17) is 16.3 Å². The van der Waals surface area contributed by atoms with Crippen molar-refractivity contribution in [3.63, 3.8) is 0 Å². The summed E-state index contributed by atoms with van der Waals surface area (Å²) in [5, 5.41) is 13.8. The Hall–Kier alpha value is -1.33. The topological polar surface area (TPSA) is 64.4 Å². The smallest absolute Gasteiger partial charge is 0.271 e. The van der Waals surface area contributed by atoms with Crippen molar-refractivity contribution in [1.82, 2.24) is 5.32 Å². The molecule has 1 aromatic carbocycles. The molecule has 1 heterocycles. The molecule has 1 aliphatic rings. The number of nitrogens with one attached hydrogen (secondary N) is 1. The van der Waals surface area contributed by atoms with E-state index in [1.54, 1.807) is 0 Å². The lowest BCUT2D eigenvalue weighted by atomic mass is 10.2. The molecule has 80 valence electrons. The van der Waals surface area contributed by atoms with E-state index in [1.165, 1.54) is 18.2 Å². The van der Waals surface area contributed by atoms with Crippen molar-refractivity contribution in [2.45, 2.75) is 6.10 Å². The molecule has 0 unspecified atom stereocenters.